The zero-order valence-corrected chi connectivity index (χ0v) is 24.7. The van der Waals surface area contributed by atoms with Gasteiger partial charge in [-0.25, -0.2) is 18.7 Å². The molecule has 8 rings (SSSR count). The molecular weight excluding hydrogens is 570 g/mol. The average Bonchev–Trinajstić information content (AvgIpc) is 3.11. The second-order valence-corrected chi connectivity index (χ2v) is 11.2. The fourth-order valence-electron chi connectivity index (χ4n) is 6.34. The Morgan fingerprint density at radius 2 is 0.630 bits per heavy atom. The van der Waals surface area contributed by atoms with Crippen LogP contribution < -0.4 is 0 Å². The summed E-state index contributed by atoms with van der Waals surface area (Å²) >= 11 is 0. The molecule has 0 amide bonds. The SMILES string of the molecule is Fc1ccc2c(-c3nc(-c4ccccc4)c(-c4ccccc4)c4cc(F)ccc34)nc(-c3ccccc3)c(-c3ccccc3)c2c1. The van der Waals surface area contributed by atoms with Gasteiger partial charge in [0.2, 0.25) is 0 Å². The van der Waals surface area contributed by atoms with Gasteiger partial charge in [0.25, 0.3) is 0 Å². The Bertz CT molecular complexity index is 2190. The molecule has 8 aromatic rings. The molecule has 2 nitrogen and oxygen atoms in total. The van der Waals surface area contributed by atoms with E-state index in [0.717, 1.165) is 54.9 Å². The molecule has 0 N–H and O–H groups in total. The maximum Gasteiger partial charge on any atom is 0.123 e. The summed E-state index contributed by atoms with van der Waals surface area (Å²) in [5.74, 6) is -0.685. The Labute approximate surface area is 265 Å². The van der Waals surface area contributed by atoms with Crippen molar-refractivity contribution in [3.05, 3.63) is 169 Å². The van der Waals surface area contributed by atoms with Gasteiger partial charge in [-0.05, 0) is 58.3 Å². The molecule has 0 aliphatic carbocycles. The van der Waals surface area contributed by atoms with E-state index < -0.39 is 0 Å². The number of halogens is 2. The van der Waals surface area contributed by atoms with Crippen LogP contribution in [0, 0.1) is 11.6 Å². The molecule has 0 saturated carbocycles. The molecule has 0 atom stereocenters. The van der Waals surface area contributed by atoms with Crippen molar-refractivity contribution < 1.29 is 8.78 Å². The summed E-state index contributed by atoms with van der Waals surface area (Å²) in [6.07, 6.45) is 0. The van der Waals surface area contributed by atoms with Crippen LogP contribution in [0.15, 0.2) is 158 Å². The first-order chi connectivity index (χ1) is 22.7. The van der Waals surface area contributed by atoms with Crippen LogP contribution in [0.2, 0.25) is 0 Å². The maximum atomic E-state index is 15.1. The van der Waals surface area contributed by atoms with E-state index in [4.69, 9.17) is 9.97 Å². The summed E-state index contributed by atoms with van der Waals surface area (Å²) in [6.45, 7) is 0. The third-order valence-electron chi connectivity index (χ3n) is 8.38. The van der Waals surface area contributed by atoms with Gasteiger partial charge in [-0.3, -0.25) is 0 Å². The van der Waals surface area contributed by atoms with Crippen molar-refractivity contribution in [2.45, 2.75) is 0 Å². The summed E-state index contributed by atoms with van der Waals surface area (Å²) < 4.78 is 30.3. The van der Waals surface area contributed by atoms with Crippen molar-refractivity contribution in [1.82, 2.24) is 9.97 Å². The maximum absolute atomic E-state index is 15.1. The van der Waals surface area contributed by atoms with E-state index >= 15 is 8.78 Å². The molecule has 2 heterocycles. The smallest absolute Gasteiger partial charge is 0.123 e. The summed E-state index contributed by atoms with van der Waals surface area (Å²) in [4.78, 5) is 10.8. The summed E-state index contributed by atoms with van der Waals surface area (Å²) in [6, 6.07) is 49.4. The molecule has 6 aromatic carbocycles. The van der Waals surface area contributed by atoms with Crippen LogP contribution in [0.1, 0.15) is 0 Å². The van der Waals surface area contributed by atoms with E-state index in [9.17, 15) is 0 Å². The van der Waals surface area contributed by atoms with Gasteiger partial charge in [-0.2, -0.15) is 0 Å². The number of benzene rings is 6. The van der Waals surface area contributed by atoms with Crippen LogP contribution in [-0.4, -0.2) is 9.97 Å². The van der Waals surface area contributed by atoms with Gasteiger partial charge >= 0.3 is 0 Å². The Morgan fingerprint density at radius 3 is 0.978 bits per heavy atom. The predicted molar refractivity (Wildman–Crippen MR) is 184 cm³/mol. The van der Waals surface area contributed by atoms with Crippen LogP contribution in [0.5, 0.6) is 0 Å². The summed E-state index contributed by atoms with van der Waals surface area (Å²) in [5, 5.41) is 2.95. The number of nitrogens with zero attached hydrogens (tertiary/aromatic N) is 2. The third kappa shape index (κ3) is 4.81. The highest BCUT2D eigenvalue weighted by Crippen LogP contribution is 2.45. The van der Waals surface area contributed by atoms with Gasteiger partial charge in [0.1, 0.15) is 11.6 Å². The first-order valence-electron chi connectivity index (χ1n) is 15.1. The summed E-state index contributed by atoms with van der Waals surface area (Å²) in [5.41, 5.74) is 7.95. The second-order valence-electron chi connectivity index (χ2n) is 11.2. The highest BCUT2D eigenvalue weighted by atomic mass is 19.1. The molecule has 0 aliphatic rings. The van der Waals surface area contributed by atoms with Crippen molar-refractivity contribution in [2.24, 2.45) is 0 Å². The molecule has 0 aliphatic heterocycles. The van der Waals surface area contributed by atoms with E-state index in [-0.39, 0.29) is 11.6 Å². The number of aromatic nitrogens is 2. The standard InChI is InChI=1S/C42H26F2N2/c43-31-21-23-33-35(25-31)37(27-13-5-1-6-14-27)39(29-17-9-3-10-18-29)45-41(33)42-34-24-22-32(44)26-36(34)38(28-15-7-2-8-16-28)40(46-42)30-19-11-4-12-20-30/h1-26H. The molecule has 2 aromatic heterocycles. The van der Waals surface area contributed by atoms with Crippen molar-refractivity contribution in [1.29, 1.82) is 0 Å². The van der Waals surface area contributed by atoms with E-state index in [2.05, 4.69) is 0 Å². The fourth-order valence-corrected chi connectivity index (χ4v) is 6.34. The molecule has 218 valence electrons. The lowest BCUT2D eigenvalue weighted by molar-refractivity contribution is 0.629. The molecule has 0 unspecified atom stereocenters. The third-order valence-corrected chi connectivity index (χ3v) is 8.38. The molecule has 46 heavy (non-hydrogen) atoms. The topological polar surface area (TPSA) is 25.8 Å². The highest BCUT2D eigenvalue weighted by Gasteiger charge is 2.24. The predicted octanol–water partition coefficient (Wildman–Crippen LogP) is 11.4. The van der Waals surface area contributed by atoms with E-state index in [0.29, 0.717) is 22.8 Å². The number of hydrogen-bond acceptors (Lipinski definition) is 2. The first kappa shape index (κ1) is 27.5. The number of rotatable bonds is 5. The average molecular weight is 597 g/mol. The molecule has 0 bridgehead atoms. The quantitative estimate of drug-likeness (QED) is 0.198. The Kier molecular flexibility index (Phi) is 6.88. The van der Waals surface area contributed by atoms with Gasteiger partial charge in [0.15, 0.2) is 0 Å². The monoisotopic (exact) mass is 596 g/mol. The zero-order chi connectivity index (χ0) is 31.0. The lowest BCUT2D eigenvalue weighted by Crippen LogP contribution is -2.01. The minimum Gasteiger partial charge on any atom is -0.245 e. The van der Waals surface area contributed by atoms with Crippen LogP contribution in [0.3, 0.4) is 0 Å². The van der Waals surface area contributed by atoms with Gasteiger partial charge < -0.3 is 0 Å². The van der Waals surface area contributed by atoms with Crippen molar-refractivity contribution in [3.63, 3.8) is 0 Å². The van der Waals surface area contributed by atoms with Crippen LogP contribution >= 0.6 is 0 Å². The Morgan fingerprint density at radius 1 is 0.304 bits per heavy atom. The zero-order valence-electron chi connectivity index (χ0n) is 24.7. The molecule has 0 saturated heterocycles. The Hall–Kier alpha value is -6.00. The normalized spacial score (nSPS) is 11.3. The van der Waals surface area contributed by atoms with E-state index in [1.165, 1.54) is 12.1 Å². The first-order valence-corrected chi connectivity index (χ1v) is 15.1. The second kappa shape index (κ2) is 11.5. The van der Waals surface area contributed by atoms with Crippen molar-refractivity contribution in [3.8, 4) is 56.2 Å². The molecular formula is C42H26F2N2. The highest BCUT2D eigenvalue weighted by molar-refractivity contribution is 6.13. The largest absolute Gasteiger partial charge is 0.245 e. The van der Waals surface area contributed by atoms with E-state index in [1.807, 2.05) is 121 Å². The van der Waals surface area contributed by atoms with Gasteiger partial charge in [-0.15, -0.1) is 0 Å². The summed E-state index contributed by atoms with van der Waals surface area (Å²) in [7, 11) is 0. The van der Waals surface area contributed by atoms with Gasteiger partial charge in [0.05, 0.1) is 22.8 Å². The molecule has 0 fully saturated rings. The van der Waals surface area contributed by atoms with Gasteiger partial charge in [-0.1, -0.05) is 121 Å². The molecule has 0 radical (unpaired) electrons. The fraction of sp³-hybridized carbons (Fsp3) is 0. The van der Waals surface area contributed by atoms with Crippen molar-refractivity contribution >= 4 is 21.5 Å². The number of fused-ring (bicyclic) bond motifs is 2. The van der Waals surface area contributed by atoms with Crippen LogP contribution in [-0.2, 0) is 0 Å². The van der Waals surface area contributed by atoms with Crippen LogP contribution in [0.4, 0.5) is 8.78 Å². The lowest BCUT2D eigenvalue weighted by Gasteiger charge is -2.20. The van der Waals surface area contributed by atoms with E-state index in [1.54, 1.807) is 24.3 Å². The number of pyridine rings is 2. The Balaban J connectivity index is 1.55. The minimum absolute atomic E-state index is 0.342. The molecule has 4 heteroatoms. The minimum atomic E-state index is -0.342. The van der Waals surface area contributed by atoms with Crippen LogP contribution in [0.25, 0.3) is 77.7 Å². The lowest BCUT2D eigenvalue weighted by atomic mass is 9.89. The van der Waals surface area contributed by atoms with Crippen molar-refractivity contribution in [2.75, 3.05) is 0 Å². The number of hydrogen-bond donors (Lipinski definition) is 0. The molecule has 0 spiro atoms. The van der Waals surface area contributed by atoms with Gasteiger partial charge in [0, 0.05) is 33.0 Å².